The summed E-state index contributed by atoms with van der Waals surface area (Å²) in [5, 5.41) is 0. The van der Waals surface area contributed by atoms with E-state index in [9.17, 15) is 0 Å². The fraction of sp³-hybridized carbons (Fsp3) is 0.559. The van der Waals surface area contributed by atoms with Crippen molar-refractivity contribution in [2.24, 2.45) is 5.41 Å². The topological polar surface area (TPSA) is 12.9 Å². The van der Waals surface area contributed by atoms with E-state index >= 15 is 0 Å². The van der Waals surface area contributed by atoms with Gasteiger partial charge in [0.05, 0.1) is 5.69 Å². The van der Waals surface area contributed by atoms with Gasteiger partial charge in [0.15, 0.2) is 0 Å². The van der Waals surface area contributed by atoms with Gasteiger partial charge in [-0.25, -0.2) is 0 Å². The standard InChI is InChI=1S/C21H27NS.C3H8.3C2H6.2C2H4/c1-16-14-17(2)20(22-15-16)19-6-4-18(5-7-19)8-9-21(3)10-12-23-13-11-21;1-3-2;5*1-2/h4-7,14-15H,8-13H2,1-3H3;3H2,1-2H3;3*1-2H3;2*1-2H2. The number of rotatable bonds is 4. The number of thioether (sulfide) groups is 1. The Hall–Kier alpha value is -1.80. The predicted molar refractivity (Wildman–Crippen MR) is 175 cm³/mol. The second-order valence-corrected chi connectivity index (χ2v) is 9.23. The Labute approximate surface area is 232 Å². The van der Waals surface area contributed by atoms with Crippen LogP contribution in [0.25, 0.3) is 11.3 Å². The first-order valence-corrected chi connectivity index (χ1v) is 15.2. The van der Waals surface area contributed by atoms with Crippen molar-refractivity contribution >= 4 is 11.8 Å². The molecule has 1 aliphatic heterocycles. The van der Waals surface area contributed by atoms with E-state index < -0.39 is 0 Å². The molecule has 1 aromatic heterocycles. The lowest BCUT2D eigenvalue weighted by Crippen LogP contribution is -2.23. The third-order valence-electron chi connectivity index (χ3n) is 5.16. The van der Waals surface area contributed by atoms with Crippen LogP contribution >= 0.6 is 11.8 Å². The van der Waals surface area contributed by atoms with Crippen molar-refractivity contribution in [1.82, 2.24) is 4.98 Å². The molecule has 0 saturated carbocycles. The molecule has 0 bridgehead atoms. The lowest BCUT2D eigenvalue weighted by molar-refractivity contribution is 0.272. The Kier molecular flexibility index (Phi) is 33.8. The summed E-state index contributed by atoms with van der Waals surface area (Å²) in [4.78, 5) is 4.61. The quantitative estimate of drug-likeness (QED) is 0.375. The molecule has 0 spiro atoms. The highest BCUT2D eigenvalue weighted by atomic mass is 32.2. The van der Waals surface area contributed by atoms with Gasteiger partial charge in [0, 0.05) is 11.8 Å². The molecule has 1 nitrogen and oxygen atoms in total. The second kappa shape index (κ2) is 29.4. The highest BCUT2D eigenvalue weighted by Gasteiger charge is 2.26. The molecule has 2 aromatic rings. The summed E-state index contributed by atoms with van der Waals surface area (Å²) in [6.07, 6.45) is 8.47. The van der Waals surface area contributed by atoms with Crippen LogP contribution in [0.15, 0.2) is 62.8 Å². The number of hydrogen-bond donors (Lipinski definition) is 0. The average molecular weight is 516 g/mol. The maximum absolute atomic E-state index is 4.61. The second-order valence-electron chi connectivity index (χ2n) is 8.01. The third kappa shape index (κ3) is 18.5. The molecule has 0 atom stereocenters. The van der Waals surface area contributed by atoms with Crippen LogP contribution in [0.4, 0.5) is 0 Å². The summed E-state index contributed by atoms with van der Waals surface area (Å²) in [5.74, 6) is 2.68. The number of aromatic nitrogens is 1. The van der Waals surface area contributed by atoms with Crippen molar-refractivity contribution in [2.75, 3.05) is 11.5 Å². The molecule has 208 valence electrons. The number of pyridine rings is 1. The summed E-state index contributed by atoms with van der Waals surface area (Å²) in [5.41, 5.74) is 6.83. The van der Waals surface area contributed by atoms with Crippen molar-refractivity contribution in [3.63, 3.8) is 0 Å². The molecule has 0 unspecified atom stereocenters. The Morgan fingerprint density at radius 3 is 1.69 bits per heavy atom. The minimum Gasteiger partial charge on any atom is -0.256 e. The molecule has 1 aromatic carbocycles. The molecule has 1 aliphatic rings. The van der Waals surface area contributed by atoms with Gasteiger partial charge < -0.3 is 0 Å². The van der Waals surface area contributed by atoms with Crippen LogP contribution in [0.1, 0.15) is 105 Å². The molecule has 1 saturated heterocycles. The molecule has 0 aliphatic carbocycles. The van der Waals surface area contributed by atoms with E-state index in [1.165, 1.54) is 65.9 Å². The van der Waals surface area contributed by atoms with Crippen LogP contribution in [-0.4, -0.2) is 16.5 Å². The molecular weight excluding hydrogens is 454 g/mol. The molecule has 36 heavy (non-hydrogen) atoms. The molecule has 0 radical (unpaired) electrons. The summed E-state index contributed by atoms with van der Waals surface area (Å²) in [6, 6.07) is 11.3. The third-order valence-corrected chi connectivity index (χ3v) is 6.15. The number of aryl methyl sites for hydroxylation is 3. The SMILES string of the molecule is C=C.C=C.CC.CC.CC.CCC.Cc1cnc(-c2ccc(CCC3(C)CCSCC3)cc2)c(C)c1. The van der Waals surface area contributed by atoms with Gasteiger partial charge in [-0.2, -0.15) is 11.8 Å². The van der Waals surface area contributed by atoms with Gasteiger partial charge >= 0.3 is 0 Å². The minimum absolute atomic E-state index is 0.555. The van der Waals surface area contributed by atoms with Gasteiger partial charge in [-0.3, -0.25) is 4.98 Å². The molecule has 3 rings (SSSR count). The van der Waals surface area contributed by atoms with Gasteiger partial charge in [0.2, 0.25) is 0 Å². The Morgan fingerprint density at radius 2 is 1.28 bits per heavy atom. The summed E-state index contributed by atoms with van der Waals surface area (Å²) >= 11 is 2.11. The van der Waals surface area contributed by atoms with Gasteiger partial charge in [-0.05, 0) is 73.1 Å². The Bertz CT molecular complexity index is 698. The highest BCUT2D eigenvalue weighted by molar-refractivity contribution is 7.99. The monoisotopic (exact) mass is 515 g/mol. The summed E-state index contributed by atoms with van der Waals surface area (Å²) < 4.78 is 0. The van der Waals surface area contributed by atoms with Crippen LogP contribution in [0, 0.1) is 19.3 Å². The average Bonchev–Trinajstić information content (AvgIpc) is 2.95. The van der Waals surface area contributed by atoms with E-state index in [2.05, 4.69) is 108 Å². The van der Waals surface area contributed by atoms with Crippen LogP contribution < -0.4 is 0 Å². The zero-order valence-corrected chi connectivity index (χ0v) is 26.9. The lowest BCUT2D eigenvalue weighted by atomic mass is 9.79. The normalized spacial score (nSPS) is 12.2. The van der Waals surface area contributed by atoms with Crippen LogP contribution in [-0.2, 0) is 6.42 Å². The van der Waals surface area contributed by atoms with Crippen LogP contribution in [0.2, 0.25) is 0 Å². The first kappa shape index (κ1) is 41.3. The van der Waals surface area contributed by atoms with Gasteiger partial charge in [0.1, 0.15) is 0 Å². The fourth-order valence-electron chi connectivity index (χ4n) is 3.41. The summed E-state index contributed by atoms with van der Waals surface area (Å²) in [6.45, 7) is 35.0. The van der Waals surface area contributed by atoms with E-state index in [0.717, 1.165) is 5.69 Å². The predicted octanol–water partition coefficient (Wildman–Crippen LogP) is 11.9. The van der Waals surface area contributed by atoms with Crippen molar-refractivity contribution in [3.8, 4) is 11.3 Å². The first-order chi connectivity index (χ1) is 17.5. The van der Waals surface area contributed by atoms with E-state index in [1.54, 1.807) is 0 Å². The van der Waals surface area contributed by atoms with E-state index in [-0.39, 0.29) is 0 Å². The minimum atomic E-state index is 0.555. The van der Waals surface area contributed by atoms with Crippen LogP contribution in [0.3, 0.4) is 0 Å². The van der Waals surface area contributed by atoms with E-state index in [0.29, 0.717) is 5.41 Å². The molecular formula is C34H61NS. The highest BCUT2D eigenvalue weighted by Crippen LogP contribution is 2.38. The lowest BCUT2D eigenvalue weighted by Gasteiger charge is -2.33. The van der Waals surface area contributed by atoms with Crippen LogP contribution in [0.5, 0.6) is 0 Å². The van der Waals surface area contributed by atoms with Crippen molar-refractivity contribution in [1.29, 1.82) is 0 Å². The number of benzene rings is 1. The zero-order valence-electron chi connectivity index (χ0n) is 26.1. The zero-order chi connectivity index (χ0) is 29.0. The molecule has 2 heteroatoms. The fourth-order valence-corrected chi connectivity index (χ4v) is 4.89. The van der Waals surface area contributed by atoms with Crippen molar-refractivity contribution in [2.45, 2.75) is 108 Å². The van der Waals surface area contributed by atoms with E-state index in [1.807, 2.05) is 47.7 Å². The number of nitrogens with zero attached hydrogens (tertiary/aromatic N) is 1. The van der Waals surface area contributed by atoms with E-state index in [4.69, 9.17) is 0 Å². The van der Waals surface area contributed by atoms with Crippen molar-refractivity contribution < 1.29 is 0 Å². The molecule has 2 heterocycles. The molecule has 0 N–H and O–H groups in total. The molecule has 1 fully saturated rings. The van der Waals surface area contributed by atoms with Gasteiger partial charge in [0.25, 0.3) is 0 Å². The smallest absolute Gasteiger partial charge is 0.0731 e. The first-order valence-electron chi connectivity index (χ1n) is 14.1. The van der Waals surface area contributed by atoms with Crippen molar-refractivity contribution in [3.05, 3.63) is 79.5 Å². The van der Waals surface area contributed by atoms with Gasteiger partial charge in [-0.1, -0.05) is 99.1 Å². The maximum atomic E-state index is 4.61. The van der Waals surface area contributed by atoms with Gasteiger partial charge in [-0.15, -0.1) is 26.3 Å². The maximum Gasteiger partial charge on any atom is 0.0731 e. The Morgan fingerprint density at radius 1 is 0.833 bits per heavy atom. The Balaban J connectivity index is -0.000000341. The number of hydrogen-bond acceptors (Lipinski definition) is 2. The largest absolute Gasteiger partial charge is 0.256 e. The summed E-state index contributed by atoms with van der Waals surface area (Å²) in [7, 11) is 0. The molecule has 0 amide bonds.